The van der Waals surface area contributed by atoms with Crippen LogP contribution in [0, 0.1) is 0 Å². The van der Waals surface area contributed by atoms with Crippen LogP contribution in [-0.2, 0) is 17.6 Å². The molecule has 0 fully saturated rings. The van der Waals surface area contributed by atoms with Crippen molar-refractivity contribution in [3.8, 4) is 0 Å². The van der Waals surface area contributed by atoms with Gasteiger partial charge in [-0.15, -0.1) is 0 Å². The van der Waals surface area contributed by atoms with Crippen LogP contribution in [0.1, 0.15) is 37.0 Å². The second kappa shape index (κ2) is 4.01. The molecule has 1 aliphatic carbocycles. The molecule has 0 aromatic heterocycles. The fourth-order valence-electron chi connectivity index (χ4n) is 2.15. The molecule has 0 saturated carbocycles. The lowest BCUT2D eigenvalue weighted by atomic mass is 9.99. The van der Waals surface area contributed by atoms with E-state index in [2.05, 4.69) is 25.1 Å². The summed E-state index contributed by atoms with van der Waals surface area (Å²) in [6, 6.07) is 6.52. The van der Waals surface area contributed by atoms with E-state index in [4.69, 9.17) is 0 Å². The molecule has 0 heterocycles. The minimum Gasteiger partial charge on any atom is -0.295 e. The van der Waals surface area contributed by atoms with Gasteiger partial charge in [0.05, 0.1) is 0 Å². The number of hydrogen-bond acceptors (Lipinski definition) is 1. The lowest BCUT2D eigenvalue weighted by molar-refractivity contribution is -0.111. The lowest BCUT2D eigenvalue weighted by Crippen LogP contribution is -1.95. The van der Waals surface area contributed by atoms with Gasteiger partial charge in [0.2, 0.25) is 0 Å². The number of carbonyl (C=O) groups excluding carboxylic acids is 1. The predicted molar refractivity (Wildman–Crippen MR) is 62.8 cm³/mol. The highest BCUT2D eigenvalue weighted by molar-refractivity contribution is 6.21. The first-order chi connectivity index (χ1) is 7.22. The quantitative estimate of drug-likeness (QED) is 0.732. The van der Waals surface area contributed by atoms with Crippen LogP contribution in [0.4, 0.5) is 0 Å². The number of allylic oxidation sites excluding steroid dienone is 2. The smallest absolute Gasteiger partial charge is 0.160 e. The summed E-state index contributed by atoms with van der Waals surface area (Å²) in [6.07, 6.45) is 5.20. The van der Waals surface area contributed by atoms with Crippen molar-refractivity contribution in [2.24, 2.45) is 0 Å². The summed E-state index contributed by atoms with van der Waals surface area (Å²) in [5, 5.41) is 0. The Kier molecular flexibility index (Phi) is 2.72. The molecule has 0 spiro atoms. The number of rotatable bonds is 3. The van der Waals surface area contributed by atoms with Gasteiger partial charge in [-0.25, -0.2) is 0 Å². The second-order valence-corrected chi connectivity index (χ2v) is 4.12. The Morgan fingerprint density at radius 1 is 1.40 bits per heavy atom. The van der Waals surface area contributed by atoms with Crippen LogP contribution in [0.2, 0.25) is 0 Å². The Hall–Kier alpha value is -1.37. The first kappa shape index (κ1) is 10.2. The number of ketones is 1. The average Bonchev–Trinajstić information content (AvgIpc) is 2.61. The molecule has 1 aromatic carbocycles. The van der Waals surface area contributed by atoms with E-state index in [0.717, 1.165) is 30.4 Å². The molecular weight excluding hydrogens is 184 g/mol. The van der Waals surface area contributed by atoms with Crippen molar-refractivity contribution in [1.29, 1.82) is 0 Å². The van der Waals surface area contributed by atoms with Gasteiger partial charge in [0.25, 0.3) is 0 Å². The third kappa shape index (κ3) is 1.87. The zero-order valence-electron chi connectivity index (χ0n) is 9.34. The first-order valence-electron chi connectivity index (χ1n) is 5.55. The molecule has 1 nitrogen and oxygen atoms in total. The molecule has 0 unspecified atom stereocenters. The standard InChI is InChI=1S/C14H16O/c1-3-4-11-5-6-12-7-8-13(10(2)15)14(12)9-11/h5-6,8-9H,3-4,7H2,1-2H3. The molecule has 0 aliphatic heterocycles. The van der Waals surface area contributed by atoms with E-state index in [1.165, 1.54) is 11.1 Å². The maximum Gasteiger partial charge on any atom is 0.160 e. The van der Waals surface area contributed by atoms with Gasteiger partial charge in [0.15, 0.2) is 5.78 Å². The van der Waals surface area contributed by atoms with Crippen molar-refractivity contribution in [2.45, 2.75) is 33.1 Å². The van der Waals surface area contributed by atoms with Gasteiger partial charge in [-0.3, -0.25) is 4.79 Å². The fraction of sp³-hybridized carbons (Fsp3) is 0.357. The maximum absolute atomic E-state index is 11.4. The monoisotopic (exact) mass is 200 g/mol. The highest BCUT2D eigenvalue weighted by Gasteiger charge is 2.17. The summed E-state index contributed by atoms with van der Waals surface area (Å²) in [7, 11) is 0. The van der Waals surface area contributed by atoms with E-state index in [9.17, 15) is 4.79 Å². The van der Waals surface area contributed by atoms with Crippen LogP contribution < -0.4 is 0 Å². The summed E-state index contributed by atoms with van der Waals surface area (Å²) in [5.41, 5.74) is 4.70. The van der Waals surface area contributed by atoms with Gasteiger partial charge in [-0.1, -0.05) is 37.6 Å². The molecule has 1 aliphatic rings. The van der Waals surface area contributed by atoms with Crippen molar-refractivity contribution in [3.63, 3.8) is 0 Å². The number of hydrogen-bond donors (Lipinski definition) is 0. The van der Waals surface area contributed by atoms with Crippen LogP contribution >= 0.6 is 0 Å². The van der Waals surface area contributed by atoms with Crippen LogP contribution in [0.15, 0.2) is 24.3 Å². The molecular formula is C14H16O. The third-order valence-electron chi connectivity index (χ3n) is 2.91. The Bertz CT molecular complexity index is 427. The normalized spacial score (nSPS) is 13.6. The van der Waals surface area contributed by atoms with Gasteiger partial charge >= 0.3 is 0 Å². The van der Waals surface area contributed by atoms with E-state index in [0.29, 0.717) is 0 Å². The molecule has 15 heavy (non-hydrogen) atoms. The van der Waals surface area contributed by atoms with Crippen molar-refractivity contribution >= 4 is 11.4 Å². The van der Waals surface area contributed by atoms with Crippen LogP contribution in [-0.4, -0.2) is 5.78 Å². The number of benzene rings is 1. The van der Waals surface area contributed by atoms with Gasteiger partial charge in [-0.2, -0.15) is 0 Å². The summed E-state index contributed by atoms with van der Waals surface area (Å²) >= 11 is 0. The largest absolute Gasteiger partial charge is 0.295 e. The zero-order valence-corrected chi connectivity index (χ0v) is 9.34. The molecule has 0 amide bonds. The second-order valence-electron chi connectivity index (χ2n) is 4.12. The topological polar surface area (TPSA) is 17.1 Å². The maximum atomic E-state index is 11.4. The van der Waals surface area contributed by atoms with Gasteiger partial charge < -0.3 is 0 Å². The molecule has 0 radical (unpaired) electrons. The van der Waals surface area contributed by atoms with Gasteiger partial charge in [0, 0.05) is 5.57 Å². The van der Waals surface area contributed by atoms with Gasteiger partial charge in [0.1, 0.15) is 0 Å². The number of fused-ring (bicyclic) bond motifs is 1. The summed E-state index contributed by atoms with van der Waals surface area (Å²) in [5.74, 6) is 0.183. The number of aryl methyl sites for hydroxylation is 1. The Morgan fingerprint density at radius 3 is 2.87 bits per heavy atom. The Morgan fingerprint density at radius 2 is 2.20 bits per heavy atom. The van der Waals surface area contributed by atoms with E-state index in [-0.39, 0.29) is 5.78 Å². The van der Waals surface area contributed by atoms with Crippen LogP contribution in [0.5, 0.6) is 0 Å². The van der Waals surface area contributed by atoms with Crippen molar-refractivity contribution < 1.29 is 4.79 Å². The molecule has 1 aromatic rings. The average molecular weight is 200 g/mol. The van der Waals surface area contributed by atoms with E-state index in [1.807, 2.05) is 6.08 Å². The Labute approximate surface area is 90.8 Å². The molecule has 1 heteroatoms. The van der Waals surface area contributed by atoms with E-state index >= 15 is 0 Å². The number of Topliss-reactive ketones (excluding diaryl/α,β-unsaturated/α-hetero) is 1. The van der Waals surface area contributed by atoms with E-state index in [1.54, 1.807) is 6.92 Å². The molecule has 2 rings (SSSR count). The summed E-state index contributed by atoms with van der Waals surface area (Å²) in [6.45, 7) is 3.82. The van der Waals surface area contributed by atoms with Crippen molar-refractivity contribution in [1.82, 2.24) is 0 Å². The highest BCUT2D eigenvalue weighted by atomic mass is 16.1. The zero-order chi connectivity index (χ0) is 10.8. The summed E-state index contributed by atoms with van der Waals surface area (Å²) < 4.78 is 0. The molecule has 0 N–H and O–H groups in total. The molecule has 78 valence electrons. The van der Waals surface area contributed by atoms with E-state index < -0.39 is 0 Å². The van der Waals surface area contributed by atoms with Crippen LogP contribution in [0.25, 0.3) is 5.57 Å². The minimum atomic E-state index is 0.183. The SMILES string of the molecule is CCCc1ccc2c(c1)C(C(C)=O)=CC2. The van der Waals surface area contributed by atoms with Crippen LogP contribution in [0.3, 0.4) is 0 Å². The van der Waals surface area contributed by atoms with Crippen molar-refractivity contribution in [2.75, 3.05) is 0 Å². The Balaban J connectivity index is 2.38. The first-order valence-corrected chi connectivity index (χ1v) is 5.55. The van der Waals surface area contributed by atoms with Gasteiger partial charge in [-0.05, 0) is 36.5 Å². The highest BCUT2D eigenvalue weighted by Crippen LogP contribution is 2.29. The van der Waals surface area contributed by atoms with Crippen molar-refractivity contribution in [3.05, 3.63) is 41.0 Å². The molecule has 0 atom stereocenters. The lowest BCUT2D eigenvalue weighted by Gasteiger charge is -2.06. The predicted octanol–water partition coefficient (Wildman–Crippen LogP) is 3.17. The molecule has 0 saturated heterocycles. The third-order valence-corrected chi connectivity index (χ3v) is 2.91. The minimum absolute atomic E-state index is 0.183. The fourth-order valence-corrected chi connectivity index (χ4v) is 2.15. The summed E-state index contributed by atoms with van der Waals surface area (Å²) in [4.78, 5) is 11.4. The molecule has 0 bridgehead atoms. The number of carbonyl (C=O) groups is 1.